The van der Waals surface area contributed by atoms with Gasteiger partial charge in [-0.1, -0.05) is 109 Å². The van der Waals surface area contributed by atoms with E-state index in [1.54, 1.807) is 25.1 Å². The third kappa shape index (κ3) is 8.08. The Morgan fingerprint density at radius 2 is 1.10 bits per heavy atom. The van der Waals surface area contributed by atoms with Gasteiger partial charge in [-0.25, -0.2) is 8.42 Å². The second-order valence-corrected chi connectivity index (χ2v) is 11.3. The lowest BCUT2D eigenvalue weighted by Gasteiger charge is -2.31. The van der Waals surface area contributed by atoms with Crippen molar-refractivity contribution in [2.24, 2.45) is 0 Å². The van der Waals surface area contributed by atoms with Crippen LogP contribution >= 0.6 is 0 Å². The highest BCUT2D eigenvalue weighted by molar-refractivity contribution is 7.92. The predicted molar refractivity (Wildman–Crippen MR) is 151 cm³/mol. The Balaban J connectivity index is 1.62. The van der Waals surface area contributed by atoms with Gasteiger partial charge in [0.25, 0.3) is 0 Å². The molecule has 0 aliphatic rings. The van der Waals surface area contributed by atoms with Gasteiger partial charge < -0.3 is 19.3 Å². The molecule has 1 N–H and O–H groups in total. The van der Waals surface area contributed by atoms with E-state index in [1.165, 1.54) is 6.07 Å². The van der Waals surface area contributed by atoms with E-state index < -0.39 is 27.5 Å². The van der Waals surface area contributed by atoms with Gasteiger partial charge >= 0.3 is 0 Å². The summed E-state index contributed by atoms with van der Waals surface area (Å²) in [5, 5.41) is 11.4. The summed E-state index contributed by atoms with van der Waals surface area (Å²) in [5.74, 6) is 0. The minimum absolute atomic E-state index is 0.0154. The van der Waals surface area contributed by atoms with E-state index in [9.17, 15) is 13.5 Å². The second kappa shape index (κ2) is 14.2. The Labute approximate surface area is 230 Å². The van der Waals surface area contributed by atoms with Crippen molar-refractivity contribution in [2.45, 2.75) is 49.3 Å². The van der Waals surface area contributed by atoms with Crippen LogP contribution in [0.4, 0.5) is 0 Å². The maximum absolute atomic E-state index is 13.7. The molecule has 0 bridgehead atoms. The average molecular weight is 547 g/mol. The molecule has 0 aliphatic carbocycles. The van der Waals surface area contributed by atoms with E-state index in [4.69, 9.17) is 14.2 Å². The normalized spacial score (nSPS) is 14.0. The van der Waals surface area contributed by atoms with Crippen molar-refractivity contribution in [1.82, 2.24) is 0 Å². The molecule has 0 saturated carbocycles. The molecule has 0 spiro atoms. The first-order valence-electron chi connectivity index (χ1n) is 12.9. The summed E-state index contributed by atoms with van der Waals surface area (Å²) in [5.41, 5.74) is 1.37. The fraction of sp³-hybridized carbons (Fsp3) is 0.250. The average Bonchev–Trinajstić information content (AvgIpc) is 2.97. The quantitative estimate of drug-likeness (QED) is 0.226. The first-order chi connectivity index (χ1) is 18.9. The van der Waals surface area contributed by atoms with E-state index in [0.717, 1.165) is 16.7 Å². The smallest absolute Gasteiger partial charge is 0.207 e. The second-order valence-electron chi connectivity index (χ2n) is 9.30. The highest BCUT2D eigenvalue weighted by Crippen LogP contribution is 2.26. The number of rotatable bonds is 14. The zero-order chi connectivity index (χ0) is 27.5. The van der Waals surface area contributed by atoms with Crippen LogP contribution in [0.25, 0.3) is 0 Å². The van der Waals surface area contributed by atoms with Crippen molar-refractivity contribution < 1.29 is 27.7 Å². The number of aliphatic hydroxyl groups is 1. The maximum Gasteiger partial charge on any atom is 0.207 e. The highest BCUT2D eigenvalue weighted by Gasteiger charge is 2.40. The standard InChI is InChI=1S/C32H34O6S/c1-25-13-11-12-20-30(25)39(34,35)32(33)31(38-23-28-18-9-4-10-19-28)29(37-22-27-16-7-3-8-17-27)24-36-21-26-14-5-2-6-15-26/h2-20,29,31-33H,21-24H2,1H3/t29-,31+,32?/m0/s1. The lowest BCUT2D eigenvalue weighted by Crippen LogP contribution is -2.47. The Hall–Kier alpha value is -3.33. The maximum atomic E-state index is 13.7. The molecule has 4 rings (SSSR count). The molecule has 0 saturated heterocycles. The topological polar surface area (TPSA) is 82.1 Å². The largest absolute Gasteiger partial charge is 0.375 e. The summed E-state index contributed by atoms with van der Waals surface area (Å²) in [4.78, 5) is 0.0535. The van der Waals surface area contributed by atoms with Crippen molar-refractivity contribution >= 4 is 9.84 Å². The number of benzene rings is 4. The number of sulfone groups is 1. The minimum Gasteiger partial charge on any atom is -0.375 e. The van der Waals surface area contributed by atoms with Gasteiger partial charge in [0.15, 0.2) is 5.44 Å². The summed E-state index contributed by atoms with van der Waals surface area (Å²) >= 11 is 0. The predicted octanol–water partition coefficient (Wildman–Crippen LogP) is 5.47. The van der Waals surface area contributed by atoms with Crippen LogP contribution in [0.1, 0.15) is 22.3 Å². The molecule has 204 valence electrons. The molecule has 4 aromatic carbocycles. The van der Waals surface area contributed by atoms with E-state index in [-0.39, 0.29) is 24.7 Å². The molecule has 6 nitrogen and oxygen atoms in total. The Morgan fingerprint density at radius 1 is 0.641 bits per heavy atom. The molecule has 0 heterocycles. The molecule has 4 aromatic rings. The number of ether oxygens (including phenoxy) is 3. The summed E-state index contributed by atoms with van der Waals surface area (Å²) in [6.07, 6.45) is -2.11. The molecule has 0 aromatic heterocycles. The molecule has 39 heavy (non-hydrogen) atoms. The van der Waals surface area contributed by atoms with Crippen LogP contribution in [0.15, 0.2) is 120 Å². The molecule has 0 radical (unpaired) electrons. The molecule has 1 unspecified atom stereocenters. The van der Waals surface area contributed by atoms with Gasteiger partial charge in [0.1, 0.15) is 12.2 Å². The Kier molecular flexibility index (Phi) is 10.4. The lowest BCUT2D eigenvalue weighted by atomic mass is 10.2. The molecule has 7 heteroatoms. The summed E-state index contributed by atoms with van der Waals surface area (Å²) in [6, 6.07) is 35.2. The first kappa shape index (κ1) is 28.7. The number of aliphatic hydroxyl groups excluding tert-OH is 1. The minimum atomic E-state index is -4.18. The fourth-order valence-electron chi connectivity index (χ4n) is 4.20. The molecule has 0 aliphatic heterocycles. The van der Waals surface area contributed by atoms with Gasteiger partial charge in [-0.05, 0) is 35.2 Å². The van der Waals surface area contributed by atoms with Crippen LogP contribution < -0.4 is 0 Å². The number of hydrogen-bond donors (Lipinski definition) is 1. The van der Waals surface area contributed by atoms with Gasteiger partial charge in [0.05, 0.1) is 31.3 Å². The van der Waals surface area contributed by atoms with E-state index in [2.05, 4.69) is 0 Å². The third-order valence-electron chi connectivity index (χ3n) is 6.35. The van der Waals surface area contributed by atoms with Gasteiger partial charge in [-0.3, -0.25) is 0 Å². The van der Waals surface area contributed by atoms with Crippen LogP contribution in [0.2, 0.25) is 0 Å². The number of hydrogen-bond acceptors (Lipinski definition) is 6. The van der Waals surface area contributed by atoms with Crippen molar-refractivity contribution in [2.75, 3.05) is 6.61 Å². The van der Waals surface area contributed by atoms with Crippen molar-refractivity contribution in [1.29, 1.82) is 0 Å². The third-order valence-corrected chi connectivity index (χ3v) is 8.33. The fourth-order valence-corrected chi connectivity index (χ4v) is 5.86. The summed E-state index contributed by atoms with van der Waals surface area (Å²) in [6.45, 7) is 2.31. The van der Waals surface area contributed by atoms with Crippen molar-refractivity contribution in [3.8, 4) is 0 Å². The van der Waals surface area contributed by atoms with Gasteiger partial charge in [0.2, 0.25) is 9.84 Å². The van der Waals surface area contributed by atoms with Gasteiger partial charge in [-0.2, -0.15) is 0 Å². The molecular weight excluding hydrogens is 512 g/mol. The van der Waals surface area contributed by atoms with Crippen LogP contribution in [0.5, 0.6) is 0 Å². The van der Waals surface area contributed by atoms with Crippen LogP contribution in [0.3, 0.4) is 0 Å². The van der Waals surface area contributed by atoms with Crippen LogP contribution in [-0.2, 0) is 43.9 Å². The first-order valence-corrected chi connectivity index (χ1v) is 14.4. The van der Waals surface area contributed by atoms with Gasteiger partial charge in [-0.15, -0.1) is 0 Å². The number of aryl methyl sites for hydroxylation is 1. The van der Waals surface area contributed by atoms with Crippen molar-refractivity contribution in [3.05, 3.63) is 138 Å². The SMILES string of the molecule is Cc1ccccc1S(=O)(=O)C(O)[C@H](OCc1ccccc1)[C@H](COCc1ccccc1)OCc1ccccc1. The van der Waals surface area contributed by atoms with Crippen LogP contribution in [0, 0.1) is 6.92 Å². The molecule has 0 amide bonds. The van der Waals surface area contributed by atoms with E-state index >= 15 is 0 Å². The zero-order valence-corrected chi connectivity index (χ0v) is 22.7. The zero-order valence-electron chi connectivity index (χ0n) is 21.9. The van der Waals surface area contributed by atoms with E-state index in [0.29, 0.717) is 12.2 Å². The highest BCUT2D eigenvalue weighted by atomic mass is 32.2. The van der Waals surface area contributed by atoms with Crippen molar-refractivity contribution in [3.63, 3.8) is 0 Å². The molecule has 0 fully saturated rings. The van der Waals surface area contributed by atoms with Crippen LogP contribution in [-0.4, -0.2) is 37.8 Å². The van der Waals surface area contributed by atoms with E-state index in [1.807, 2.05) is 91.0 Å². The van der Waals surface area contributed by atoms with Gasteiger partial charge in [0, 0.05) is 0 Å². The summed E-state index contributed by atoms with van der Waals surface area (Å²) < 4.78 is 45.7. The Morgan fingerprint density at radius 3 is 1.64 bits per heavy atom. The lowest BCUT2D eigenvalue weighted by molar-refractivity contribution is -0.138. The molecular formula is C32H34O6S. The summed E-state index contributed by atoms with van der Waals surface area (Å²) in [7, 11) is -4.18. The molecule has 3 atom stereocenters. The monoisotopic (exact) mass is 546 g/mol. The Bertz CT molecular complexity index is 1380.